The van der Waals surface area contributed by atoms with Crippen LogP contribution in [0.2, 0.25) is 0 Å². The standard InChI is InChI=1S/C23H18NOPS/c25-21-16-17-24-23(27)22(21)26(18-10-4-1-5-11-18,19-12-6-2-7-13-19)20-14-8-3-9-15-20/h1-17H,(H,24,27). The average molecular weight is 387 g/mol. The molecular weight excluding hydrogens is 369 g/mol. The smallest absolute Gasteiger partial charge is 0.191 e. The van der Waals surface area contributed by atoms with Crippen molar-refractivity contribution < 1.29 is 4.79 Å². The number of allylic oxidation sites excluding steroid dienone is 1. The van der Waals surface area contributed by atoms with E-state index >= 15 is 0 Å². The third-order valence-electron chi connectivity index (χ3n) is 4.66. The van der Waals surface area contributed by atoms with Gasteiger partial charge in [0.1, 0.15) is 4.99 Å². The lowest BCUT2D eigenvalue weighted by molar-refractivity contribution is -0.108. The van der Waals surface area contributed by atoms with Gasteiger partial charge in [-0.3, -0.25) is 4.79 Å². The van der Waals surface area contributed by atoms with Crippen LogP contribution in [-0.4, -0.2) is 16.1 Å². The van der Waals surface area contributed by atoms with Gasteiger partial charge in [-0.2, -0.15) is 0 Å². The number of thiocarbonyl (C=S) groups is 1. The van der Waals surface area contributed by atoms with Crippen LogP contribution in [0.5, 0.6) is 0 Å². The SMILES string of the molecule is O=C1C=CNC(=S)C1=P(c1ccccc1)(c1ccccc1)c1ccccc1. The largest absolute Gasteiger partial charge is 0.352 e. The minimum atomic E-state index is -2.43. The molecule has 0 amide bonds. The van der Waals surface area contributed by atoms with E-state index in [1.807, 2.05) is 54.6 Å². The van der Waals surface area contributed by atoms with Gasteiger partial charge < -0.3 is 5.32 Å². The predicted octanol–water partition coefficient (Wildman–Crippen LogP) is 3.17. The van der Waals surface area contributed by atoms with Gasteiger partial charge in [0, 0.05) is 12.3 Å². The van der Waals surface area contributed by atoms with Gasteiger partial charge >= 0.3 is 0 Å². The summed E-state index contributed by atoms with van der Waals surface area (Å²) in [6.07, 6.45) is 3.21. The Bertz CT molecular complexity index is 970. The van der Waals surface area contributed by atoms with Crippen molar-refractivity contribution in [1.29, 1.82) is 0 Å². The number of benzene rings is 3. The van der Waals surface area contributed by atoms with Crippen molar-refractivity contribution in [3.8, 4) is 0 Å². The normalized spacial score (nSPS) is 14.1. The topological polar surface area (TPSA) is 29.1 Å². The molecule has 0 aliphatic carbocycles. The zero-order valence-electron chi connectivity index (χ0n) is 14.6. The summed E-state index contributed by atoms with van der Waals surface area (Å²) < 4.78 is 0. The van der Waals surface area contributed by atoms with Gasteiger partial charge in [-0.15, -0.1) is 0 Å². The first-order valence-electron chi connectivity index (χ1n) is 8.70. The number of rotatable bonds is 3. The Morgan fingerprint density at radius 3 is 1.44 bits per heavy atom. The van der Waals surface area contributed by atoms with E-state index in [-0.39, 0.29) is 5.78 Å². The molecule has 1 heterocycles. The van der Waals surface area contributed by atoms with Gasteiger partial charge in [-0.1, -0.05) is 103 Å². The first-order valence-corrected chi connectivity index (χ1v) is 10.9. The summed E-state index contributed by atoms with van der Waals surface area (Å²) in [5.41, 5.74) is 0. The molecule has 1 aliphatic heterocycles. The van der Waals surface area contributed by atoms with Crippen molar-refractivity contribution in [3.63, 3.8) is 0 Å². The lowest BCUT2D eigenvalue weighted by atomic mass is 10.2. The Balaban J connectivity index is 2.27. The van der Waals surface area contributed by atoms with Crippen LogP contribution in [0, 0.1) is 0 Å². The Morgan fingerprint density at radius 2 is 1.07 bits per heavy atom. The molecule has 3 aromatic rings. The van der Waals surface area contributed by atoms with Crippen LogP contribution in [0.3, 0.4) is 0 Å². The van der Waals surface area contributed by atoms with Crippen LogP contribution in [-0.2, 0) is 4.79 Å². The number of carbonyl (C=O) groups excluding carboxylic acids is 1. The van der Waals surface area contributed by atoms with E-state index < -0.39 is 6.89 Å². The molecule has 0 saturated heterocycles. The molecule has 0 bridgehead atoms. The molecule has 4 heteroatoms. The third kappa shape index (κ3) is 2.99. The first-order chi connectivity index (χ1) is 13.2. The van der Waals surface area contributed by atoms with Crippen molar-refractivity contribution >= 4 is 51.1 Å². The molecule has 0 unspecified atom stereocenters. The fourth-order valence-corrected chi connectivity index (χ4v) is 8.44. The summed E-state index contributed by atoms with van der Waals surface area (Å²) >= 11 is 5.66. The number of carbonyl (C=O) groups is 1. The second kappa shape index (κ2) is 7.48. The van der Waals surface area contributed by atoms with Crippen LogP contribution in [0.1, 0.15) is 0 Å². The van der Waals surface area contributed by atoms with E-state index in [1.54, 1.807) is 12.3 Å². The van der Waals surface area contributed by atoms with E-state index in [0.717, 1.165) is 15.9 Å². The van der Waals surface area contributed by atoms with Crippen LogP contribution in [0.4, 0.5) is 0 Å². The van der Waals surface area contributed by atoms with E-state index in [2.05, 4.69) is 41.7 Å². The van der Waals surface area contributed by atoms with Crippen molar-refractivity contribution in [2.24, 2.45) is 0 Å². The molecule has 0 spiro atoms. The molecule has 1 N–H and O–H groups in total. The van der Waals surface area contributed by atoms with Gasteiger partial charge in [0.25, 0.3) is 0 Å². The molecule has 0 fully saturated rings. The zero-order chi connectivity index (χ0) is 18.7. The van der Waals surface area contributed by atoms with E-state index in [9.17, 15) is 4.79 Å². The Morgan fingerprint density at radius 1 is 0.667 bits per heavy atom. The van der Waals surface area contributed by atoms with Crippen molar-refractivity contribution in [3.05, 3.63) is 103 Å². The number of hydrogen-bond acceptors (Lipinski definition) is 2. The molecule has 0 saturated carbocycles. The summed E-state index contributed by atoms with van der Waals surface area (Å²) in [6, 6.07) is 30.8. The summed E-state index contributed by atoms with van der Waals surface area (Å²) in [5.74, 6) is -0.0244. The quantitative estimate of drug-likeness (QED) is 0.553. The Kier molecular flexibility index (Phi) is 4.89. The van der Waals surface area contributed by atoms with Crippen molar-refractivity contribution in [2.45, 2.75) is 0 Å². The van der Waals surface area contributed by atoms with Crippen molar-refractivity contribution in [1.82, 2.24) is 5.32 Å². The van der Waals surface area contributed by atoms with Gasteiger partial charge in [-0.25, -0.2) is 0 Å². The number of ketones is 1. The molecular formula is C23H18NOPS. The predicted molar refractivity (Wildman–Crippen MR) is 120 cm³/mol. The Labute approximate surface area is 164 Å². The molecule has 2 nitrogen and oxygen atoms in total. The maximum absolute atomic E-state index is 13.1. The maximum atomic E-state index is 13.1. The highest BCUT2D eigenvalue weighted by molar-refractivity contribution is 8.00. The van der Waals surface area contributed by atoms with Gasteiger partial charge in [0.2, 0.25) is 0 Å². The summed E-state index contributed by atoms with van der Waals surface area (Å²) in [5, 5.41) is 7.13. The monoisotopic (exact) mass is 387 g/mol. The lowest BCUT2D eigenvalue weighted by Gasteiger charge is -2.33. The molecule has 0 atom stereocenters. The summed E-state index contributed by atoms with van der Waals surface area (Å²) in [4.78, 5) is 13.7. The minimum absolute atomic E-state index is 0.0244. The second-order valence-corrected chi connectivity index (χ2v) is 9.94. The summed E-state index contributed by atoms with van der Waals surface area (Å²) in [7, 11) is 0. The van der Waals surface area contributed by atoms with E-state index in [4.69, 9.17) is 12.2 Å². The van der Waals surface area contributed by atoms with E-state index in [1.165, 1.54) is 0 Å². The third-order valence-corrected chi connectivity index (χ3v) is 9.47. The van der Waals surface area contributed by atoms with Gasteiger partial charge in [-0.05, 0) is 22.8 Å². The molecule has 3 aromatic carbocycles. The molecule has 132 valence electrons. The molecule has 27 heavy (non-hydrogen) atoms. The van der Waals surface area contributed by atoms with Crippen molar-refractivity contribution in [2.75, 3.05) is 0 Å². The number of hydrogen-bond donors (Lipinski definition) is 1. The van der Waals surface area contributed by atoms with Gasteiger partial charge in [0.05, 0.1) is 5.29 Å². The van der Waals surface area contributed by atoms with Gasteiger partial charge in [0.15, 0.2) is 5.78 Å². The first kappa shape index (κ1) is 17.7. The summed E-state index contributed by atoms with van der Waals surface area (Å²) in [6.45, 7) is -2.43. The second-order valence-electron chi connectivity index (χ2n) is 6.20. The highest BCUT2D eigenvalue weighted by Gasteiger charge is 2.35. The van der Waals surface area contributed by atoms with Crippen LogP contribution >= 0.6 is 19.1 Å². The minimum Gasteiger partial charge on any atom is -0.352 e. The van der Waals surface area contributed by atoms with Crippen LogP contribution in [0.25, 0.3) is 0 Å². The van der Waals surface area contributed by atoms with Crippen LogP contribution < -0.4 is 21.2 Å². The highest BCUT2D eigenvalue weighted by atomic mass is 32.1. The fourth-order valence-electron chi connectivity index (χ4n) is 3.56. The molecule has 0 radical (unpaired) electrons. The fraction of sp³-hybridized carbons (Fsp3) is 0. The maximum Gasteiger partial charge on any atom is 0.191 e. The highest BCUT2D eigenvalue weighted by Crippen LogP contribution is 2.46. The lowest BCUT2D eigenvalue weighted by Crippen LogP contribution is -2.42. The average Bonchev–Trinajstić information content (AvgIpc) is 2.73. The Hall–Kier alpha value is -2.74. The van der Waals surface area contributed by atoms with E-state index in [0.29, 0.717) is 10.3 Å². The molecule has 1 aliphatic rings. The molecule has 4 rings (SSSR count). The van der Waals surface area contributed by atoms with Crippen LogP contribution in [0.15, 0.2) is 103 Å². The zero-order valence-corrected chi connectivity index (χ0v) is 16.3. The molecule has 0 aromatic heterocycles. The number of nitrogens with one attached hydrogen (secondary N) is 1.